The molecule has 6 nitrogen and oxygen atoms in total. The van der Waals surface area contributed by atoms with Crippen LogP contribution in [0.4, 0.5) is 19.0 Å². The van der Waals surface area contributed by atoms with Gasteiger partial charge in [-0.15, -0.1) is 0 Å². The molecule has 1 aliphatic heterocycles. The van der Waals surface area contributed by atoms with Crippen LogP contribution in [0.15, 0.2) is 36.5 Å². The number of alkyl halides is 3. The molecule has 4 rings (SSSR count). The molecule has 9 heteroatoms. The average Bonchev–Trinajstić information content (AvgIpc) is 3.39. The first-order valence-corrected chi connectivity index (χ1v) is 9.50. The monoisotopic (exact) mass is 406 g/mol. The van der Waals surface area contributed by atoms with E-state index in [1.54, 1.807) is 30.1 Å². The van der Waals surface area contributed by atoms with Crippen molar-refractivity contribution in [2.75, 3.05) is 11.4 Å². The minimum atomic E-state index is -4.47. The molecular formula is C20H21F3N4O2. The van der Waals surface area contributed by atoms with E-state index in [9.17, 15) is 22.8 Å². The molecule has 0 bridgehead atoms. The van der Waals surface area contributed by atoms with Gasteiger partial charge in [0.15, 0.2) is 5.82 Å². The molecule has 2 aliphatic rings. The Kier molecular flexibility index (Phi) is 4.63. The third kappa shape index (κ3) is 3.61. The number of benzene rings is 1. The highest BCUT2D eigenvalue weighted by atomic mass is 19.4. The summed E-state index contributed by atoms with van der Waals surface area (Å²) in [6.45, 7) is 0.515. The number of nitrogens with one attached hydrogen (secondary N) is 1. The van der Waals surface area contributed by atoms with Crippen LogP contribution in [0, 0.1) is 0 Å². The average molecular weight is 406 g/mol. The van der Waals surface area contributed by atoms with Crippen LogP contribution in [0.3, 0.4) is 0 Å². The molecule has 1 N–H and O–H groups in total. The Labute approximate surface area is 165 Å². The maximum Gasteiger partial charge on any atom is 0.416 e. The summed E-state index contributed by atoms with van der Waals surface area (Å²) in [5.41, 5.74) is -1.42. The van der Waals surface area contributed by atoms with Crippen molar-refractivity contribution >= 4 is 17.6 Å². The Morgan fingerprint density at radius 3 is 2.66 bits per heavy atom. The first kappa shape index (κ1) is 19.5. The molecule has 1 unspecified atom stereocenters. The lowest BCUT2D eigenvalue weighted by atomic mass is 9.92. The first-order chi connectivity index (χ1) is 13.7. The minimum Gasteiger partial charge on any atom is -0.344 e. The number of piperidine rings is 1. The molecule has 2 fully saturated rings. The number of aromatic nitrogens is 2. The predicted octanol–water partition coefficient (Wildman–Crippen LogP) is 2.78. The van der Waals surface area contributed by atoms with Crippen LogP contribution in [0.1, 0.15) is 36.8 Å². The van der Waals surface area contributed by atoms with Crippen LogP contribution in [0.2, 0.25) is 0 Å². The lowest BCUT2D eigenvalue weighted by molar-refractivity contribution is -0.137. The van der Waals surface area contributed by atoms with Gasteiger partial charge in [0.05, 0.1) is 11.0 Å². The fourth-order valence-electron chi connectivity index (χ4n) is 3.84. The molecule has 2 aromatic rings. The van der Waals surface area contributed by atoms with Crippen molar-refractivity contribution in [3.05, 3.63) is 47.7 Å². The van der Waals surface area contributed by atoms with Crippen LogP contribution in [0.5, 0.6) is 0 Å². The number of rotatable bonds is 4. The Balaban J connectivity index is 1.51. The lowest BCUT2D eigenvalue weighted by Gasteiger charge is -2.32. The second-order valence-corrected chi connectivity index (χ2v) is 7.67. The van der Waals surface area contributed by atoms with Crippen LogP contribution < -0.4 is 10.2 Å². The normalized spacial score (nSPS) is 21.2. The van der Waals surface area contributed by atoms with Gasteiger partial charge in [-0.1, -0.05) is 18.2 Å². The summed E-state index contributed by atoms with van der Waals surface area (Å²) in [5.74, 6) is -0.114. The van der Waals surface area contributed by atoms with E-state index in [4.69, 9.17) is 0 Å². The summed E-state index contributed by atoms with van der Waals surface area (Å²) in [6.07, 6.45) is -0.616. The highest BCUT2D eigenvalue weighted by Gasteiger charge is 2.52. The zero-order chi connectivity index (χ0) is 20.8. The van der Waals surface area contributed by atoms with Crippen LogP contribution >= 0.6 is 0 Å². The summed E-state index contributed by atoms with van der Waals surface area (Å²) >= 11 is 0. The Morgan fingerprint density at radius 2 is 2.03 bits per heavy atom. The van der Waals surface area contributed by atoms with Gasteiger partial charge in [0.2, 0.25) is 5.91 Å². The van der Waals surface area contributed by atoms with Crippen molar-refractivity contribution in [2.45, 2.75) is 43.3 Å². The number of nitrogens with zero attached hydrogens (tertiary/aromatic N) is 3. The highest BCUT2D eigenvalue weighted by Crippen LogP contribution is 2.49. The van der Waals surface area contributed by atoms with E-state index in [2.05, 4.69) is 10.4 Å². The zero-order valence-corrected chi connectivity index (χ0v) is 15.9. The van der Waals surface area contributed by atoms with Gasteiger partial charge in [-0.05, 0) is 37.3 Å². The van der Waals surface area contributed by atoms with E-state index in [0.717, 1.165) is 12.1 Å². The summed E-state index contributed by atoms with van der Waals surface area (Å²) in [4.78, 5) is 27.4. The summed E-state index contributed by atoms with van der Waals surface area (Å²) in [6, 6.07) is 5.92. The Bertz CT molecular complexity index is 949. The summed E-state index contributed by atoms with van der Waals surface area (Å²) in [7, 11) is 1.75. The third-order valence-corrected chi connectivity index (χ3v) is 5.65. The number of aryl methyl sites for hydroxylation is 1. The van der Waals surface area contributed by atoms with Crippen molar-refractivity contribution < 1.29 is 22.8 Å². The van der Waals surface area contributed by atoms with E-state index >= 15 is 0 Å². The van der Waals surface area contributed by atoms with E-state index in [1.807, 2.05) is 0 Å². The van der Waals surface area contributed by atoms with Gasteiger partial charge in [0.1, 0.15) is 6.04 Å². The molecule has 1 aromatic heterocycles. The smallest absolute Gasteiger partial charge is 0.344 e. The van der Waals surface area contributed by atoms with Gasteiger partial charge in [-0.2, -0.15) is 18.3 Å². The van der Waals surface area contributed by atoms with Gasteiger partial charge in [-0.3, -0.25) is 19.2 Å². The number of amides is 2. The number of carbonyl (C=O) groups excluding carboxylic acids is 2. The fraction of sp³-hybridized carbons (Fsp3) is 0.450. The first-order valence-electron chi connectivity index (χ1n) is 9.50. The lowest BCUT2D eigenvalue weighted by Crippen LogP contribution is -2.54. The van der Waals surface area contributed by atoms with Gasteiger partial charge in [0, 0.05) is 25.9 Å². The number of hydrogen-bond acceptors (Lipinski definition) is 3. The van der Waals surface area contributed by atoms with E-state index in [-0.39, 0.29) is 5.91 Å². The van der Waals surface area contributed by atoms with Crippen LogP contribution in [0.25, 0.3) is 0 Å². The topological polar surface area (TPSA) is 67.2 Å². The van der Waals surface area contributed by atoms with Crippen molar-refractivity contribution in [1.82, 2.24) is 15.1 Å². The van der Waals surface area contributed by atoms with E-state index in [1.165, 1.54) is 11.0 Å². The Morgan fingerprint density at radius 1 is 1.28 bits per heavy atom. The van der Waals surface area contributed by atoms with Crippen molar-refractivity contribution in [2.24, 2.45) is 7.05 Å². The zero-order valence-electron chi connectivity index (χ0n) is 15.9. The molecule has 1 saturated carbocycles. The molecular weight excluding hydrogens is 385 g/mol. The molecule has 0 radical (unpaired) electrons. The molecule has 2 amide bonds. The van der Waals surface area contributed by atoms with Crippen molar-refractivity contribution in [3.63, 3.8) is 0 Å². The van der Waals surface area contributed by atoms with Crippen molar-refractivity contribution in [1.29, 1.82) is 0 Å². The predicted molar refractivity (Wildman–Crippen MR) is 99.1 cm³/mol. The second kappa shape index (κ2) is 6.89. The fourth-order valence-corrected chi connectivity index (χ4v) is 3.84. The molecule has 2 heterocycles. The standard InChI is InChI=1S/C20H21F3N4O2/c1-26-11-7-16(25-26)27-10-3-6-15(17(27)28)24-18(29)19(8-9-19)13-4-2-5-14(12-13)20(21,22)23/h2,4-5,7,11-12,15H,3,6,8-10H2,1H3,(H,24,29). The molecule has 154 valence electrons. The Hall–Kier alpha value is -2.84. The van der Waals surface area contributed by atoms with Gasteiger partial charge in [-0.25, -0.2) is 0 Å². The second-order valence-electron chi connectivity index (χ2n) is 7.67. The molecule has 1 atom stereocenters. The maximum absolute atomic E-state index is 13.0. The van der Waals surface area contributed by atoms with Crippen LogP contribution in [-0.2, 0) is 28.2 Å². The summed E-state index contributed by atoms with van der Waals surface area (Å²) < 4.78 is 40.7. The van der Waals surface area contributed by atoms with Gasteiger partial charge in [0.25, 0.3) is 5.91 Å². The molecule has 1 aliphatic carbocycles. The van der Waals surface area contributed by atoms with E-state index in [0.29, 0.717) is 43.6 Å². The van der Waals surface area contributed by atoms with Crippen LogP contribution in [-0.4, -0.2) is 34.2 Å². The quantitative estimate of drug-likeness (QED) is 0.849. The van der Waals surface area contributed by atoms with Gasteiger partial charge >= 0.3 is 6.18 Å². The number of halogens is 3. The minimum absolute atomic E-state index is 0.247. The SMILES string of the molecule is Cn1ccc(N2CCCC(NC(=O)C3(c4cccc(C(F)(F)F)c4)CC3)C2=O)n1. The maximum atomic E-state index is 13.0. The number of carbonyl (C=O) groups is 2. The number of hydrogen-bond donors (Lipinski definition) is 1. The van der Waals surface area contributed by atoms with Crippen molar-refractivity contribution in [3.8, 4) is 0 Å². The highest BCUT2D eigenvalue weighted by molar-refractivity contribution is 6.01. The molecule has 29 heavy (non-hydrogen) atoms. The molecule has 1 aromatic carbocycles. The third-order valence-electron chi connectivity index (χ3n) is 5.65. The van der Waals surface area contributed by atoms with Gasteiger partial charge < -0.3 is 5.32 Å². The summed E-state index contributed by atoms with van der Waals surface area (Å²) in [5, 5.41) is 7.03. The molecule has 0 spiro atoms. The number of anilines is 1. The largest absolute Gasteiger partial charge is 0.416 e. The molecule has 1 saturated heterocycles. The van der Waals surface area contributed by atoms with E-state index < -0.39 is 29.1 Å².